The van der Waals surface area contributed by atoms with Gasteiger partial charge in [-0.25, -0.2) is 0 Å². The molecule has 1 rings (SSSR count). The van der Waals surface area contributed by atoms with Crippen molar-refractivity contribution in [2.75, 3.05) is 27.7 Å². The molecule has 0 amide bonds. The zero-order chi connectivity index (χ0) is 11.3. The largest absolute Gasteiger partial charge is 0.495 e. The molecule has 1 aromatic carbocycles. The Kier molecular flexibility index (Phi) is 4.92. The van der Waals surface area contributed by atoms with Crippen molar-refractivity contribution >= 4 is 11.6 Å². The number of benzene rings is 1. The van der Waals surface area contributed by atoms with E-state index >= 15 is 0 Å². The Morgan fingerprint density at radius 1 is 1.33 bits per heavy atom. The summed E-state index contributed by atoms with van der Waals surface area (Å²) in [7, 11) is 5.80. The van der Waals surface area contributed by atoms with Crippen LogP contribution < -0.4 is 4.74 Å². The standard InChI is InChI=1S/C12H18ClNO/c1-14(2)9-5-7-10-6-4-8-11(15-3)12(10)13/h4,6,8H,5,7,9H2,1-3H3. The Balaban J connectivity index is 2.61. The average molecular weight is 228 g/mol. The van der Waals surface area contributed by atoms with Crippen molar-refractivity contribution in [2.24, 2.45) is 0 Å². The minimum Gasteiger partial charge on any atom is -0.495 e. The van der Waals surface area contributed by atoms with Gasteiger partial charge in [0.2, 0.25) is 0 Å². The molecule has 2 nitrogen and oxygen atoms in total. The topological polar surface area (TPSA) is 12.5 Å². The van der Waals surface area contributed by atoms with Gasteiger partial charge in [0, 0.05) is 0 Å². The molecule has 0 radical (unpaired) electrons. The van der Waals surface area contributed by atoms with E-state index in [-0.39, 0.29) is 0 Å². The lowest BCUT2D eigenvalue weighted by Gasteiger charge is -2.11. The highest BCUT2D eigenvalue weighted by molar-refractivity contribution is 6.32. The van der Waals surface area contributed by atoms with Crippen LogP contribution in [-0.2, 0) is 6.42 Å². The SMILES string of the molecule is COc1cccc(CCCN(C)C)c1Cl. The molecule has 0 N–H and O–H groups in total. The van der Waals surface area contributed by atoms with Gasteiger partial charge in [-0.15, -0.1) is 0 Å². The van der Waals surface area contributed by atoms with Crippen molar-refractivity contribution in [1.29, 1.82) is 0 Å². The summed E-state index contributed by atoms with van der Waals surface area (Å²) in [5.74, 6) is 0.763. The van der Waals surface area contributed by atoms with E-state index in [1.165, 1.54) is 0 Å². The molecule has 84 valence electrons. The van der Waals surface area contributed by atoms with Crippen molar-refractivity contribution in [2.45, 2.75) is 12.8 Å². The highest BCUT2D eigenvalue weighted by atomic mass is 35.5. The van der Waals surface area contributed by atoms with Crippen molar-refractivity contribution in [3.05, 3.63) is 28.8 Å². The summed E-state index contributed by atoms with van der Waals surface area (Å²) < 4.78 is 5.17. The number of nitrogens with zero attached hydrogens (tertiary/aromatic N) is 1. The number of halogens is 1. The number of aryl methyl sites for hydroxylation is 1. The zero-order valence-electron chi connectivity index (χ0n) is 9.59. The third kappa shape index (κ3) is 3.73. The fourth-order valence-corrected chi connectivity index (χ4v) is 1.79. The first kappa shape index (κ1) is 12.3. The van der Waals surface area contributed by atoms with E-state index in [0.717, 1.165) is 35.7 Å². The highest BCUT2D eigenvalue weighted by Crippen LogP contribution is 2.28. The third-order valence-corrected chi connectivity index (χ3v) is 2.74. The molecular weight excluding hydrogens is 210 g/mol. The molecular formula is C12H18ClNO. The molecule has 0 heterocycles. The predicted molar refractivity (Wildman–Crippen MR) is 64.9 cm³/mol. The fourth-order valence-electron chi connectivity index (χ4n) is 1.49. The van der Waals surface area contributed by atoms with Gasteiger partial charge in [-0.2, -0.15) is 0 Å². The molecule has 0 aliphatic heterocycles. The molecule has 0 spiro atoms. The second kappa shape index (κ2) is 5.99. The monoisotopic (exact) mass is 227 g/mol. The van der Waals surface area contributed by atoms with Gasteiger partial charge in [-0.3, -0.25) is 0 Å². The van der Waals surface area contributed by atoms with E-state index in [1.807, 2.05) is 12.1 Å². The molecule has 15 heavy (non-hydrogen) atoms. The average Bonchev–Trinajstić information content (AvgIpc) is 2.20. The number of ether oxygens (including phenoxy) is 1. The van der Waals surface area contributed by atoms with E-state index < -0.39 is 0 Å². The molecule has 0 aliphatic carbocycles. The van der Waals surface area contributed by atoms with Gasteiger partial charge >= 0.3 is 0 Å². The maximum Gasteiger partial charge on any atom is 0.137 e. The van der Waals surface area contributed by atoms with Crippen LogP contribution in [0.4, 0.5) is 0 Å². The van der Waals surface area contributed by atoms with Crippen LogP contribution in [0.5, 0.6) is 5.75 Å². The van der Waals surface area contributed by atoms with E-state index in [0.29, 0.717) is 0 Å². The summed E-state index contributed by atoms with van der Waals surface area (Å²) in [5, 5.41) is 0.749. The summed E-state index contributed by atoms with van der Waals surface area (Å²) in [6.45, 7) is 1.08. The molecule has 3 heteroatoms. The first-order chi connectivity index (χ1) is 7.15. The molecule has 0 fully saturated rings. The second-order valence-corrected chi connectivity index (χ2v) is 4.22. The van der Waals surface area contributed by atoms with Gasteiger partial charge in [0.15, 0.2) is 0 Å². The Morgan fingerprint density at radius 3 is 2.67 bits per heavy atom. The lowest BCUT2D eigenvalue weighted by atomic mass is 10.1. The smallest absolute Gasteiger partial charge is 0.137 e. The Bertz CT molecular complexity index is 312. The van der Waals surface area contributed by atoms with Crippen LogP contribution in [0, 0.1) is 0 Å². The summed E-state index contributed by atoms with van der Waals surface area (Å²) in [6.07, 6.45) is 2.11. The molecule has 0 atom stereocenters. The van der Waals surface area contributed by atoms with Crippen molar-refractivity contribution in [3.8, 4) is 5.75 Å². The minimum atomic E-state index is 0.749. The maximum atomic E-state index is 6.19. The lowest BCUT2D eigenvalue weighted by Crippen LogP contribution is -2.13. The van der Waals surface area contributed by atoms with E-state index in [1.54, 1.807) is 7.11 Å². The van der Waals surface area contributed by atoms with Crippen LogP contribution in [0.1, 0.15) is 12.0 Å². The van der Waals surface area contributed by atoms with Gasteiger partial charge in [-0.1, -0.05) is 23.7 Å². The summed E-state index contributed by atoms with van der Waals surface area (Å²) in [6, 6.07) is 5.92. The number of methoxy groups -OCH3 is 1. The van der Waals surface area contributed by atoms with E-state index in [2.05, 4.69) is 25.1 Å². The van der Waals surface area contributed by atoms with Crippen LogP contribution in [0.2, 0.25) is 5.02 Å². The zero-order valence-corrected chi connectivity index (χ0v) is 10.3. The lowest BCUT2D eigenvalue weighted by molar-refractivity contribution is 0.399. The number of rotatable bonds is 5. The van der Waals surface area contributed by atoms with Crippen LogP contribution in [0.3, 0.4) is 0 Å². The molecule has 0 aliphatic rings. The summed E-state index contributed by atoms with van der Waals surface area (Å²) in [5.41, 5.74) is 1.16. The van der Waals surface area contributed by atoms with Crippen molar-refractivity contribution in [1.82, 2.24) is 4.90 Å². The summed E-state index contributed by atoms with van der Waals surface area (Å²) in [4.78, 5) is 2.17. The Hall–Kier alpha value is -0.730. The fraction of sp³-hybridized carbons (Fsp3) is 0.500. The second-order valence-electron chi connectivity index (χ2n) is 3.84. The van der Waals surface area contributed by atoms with Gasteiger partial charge in [0.1, 0.15) is 5.75 Å². The Morgan fingerprint density at radius 2 is 2.07 bits per heavy atom. The first-order valence-corrected chi connectivity index (χ1v) is 5.49. The van der Waals surface area contributed by atoms with Gasteiger partial charge in [0.25, 0.3) is 0 Å². The molecule has 0 unspecified atom stereocenters. The van der Waals surface area contributed by atoms with Crippen LogP contribution >= 0.6 is 11.6 Å². The van der Waals surface area contributed by atoms with Gasteiger partial charge < -0.3 is 9.64 Å². The normalized spacial score (nSPS) is 10.7. The molecule has 1 aromatic rings. The van der Waals surface area contributed by atoms with Crippen LogP contribution in [0.25, 0.3) is 0 Å². The molecule has 0 saturated carbocycles. The molecule has 0 aromatic heterocycles. The predicted octanol–water partition coefficient (Wildman–Crippen LogP) is 2.84. The Labute approximate surface area is 96.8 Å². The van der Waals surface area contributed by atoms with Gasteiger partial charge in [0.05, 0.1) is 12.1 Å². The molecule has 0 saturated heterocycles. The molecule has 0 bridgehead atoms. The summed E-state index contributed by atoms with van der Waals surface area (Å²) >= 11 is 6.19. The van der Waals surface area contributed by atoms with Gasteiger partial charge in [-0.05, 0) is 45.1 Å². The number of hydrogen-bond donors (Lipinski definition) is 0. The maximum absolute atomic E-state index is 6.19. The number of hydrogen-bond acceptors (Lipinski definition) is 2. The van der Waals surface area contributed by atoms with E-state index in [4.69, 9.17) is 16.3 Å². The first-order valence-electron chi connectivity index (χ1n) is 5.11. The van der Waals surface area contributed by atoms with Crippen LogP contribution in [0.15, 0.2) is 18.2 Å². The van der Waals surface area contributed by atoms with Crippen LogP contribution in [-0.4, -0.2) is 32.6 Å². The minimum absolute atomic E-state index is 0.749. The van der Waals surface area contributed by atoms with Crippen molar-refractivity contribution in [3.63, 3.8) is 0 Å². The third-order valence-electron chi connectivity index (χ3n) is 2.31. The highest BCUT2D eigenvalue weighted by Gasteiger charge is 2.05. The quantitative estimate of drug-likeness (QED) is 0.767. The van der Waals surface area contributed by atoms with E-state index in [9.17, 15) is 0 Å². The van der Waals surface area contributed by atoms with Crippen molar-refractivity contribution < 1.29 is 4.74 Å².